The molecule has 5 nitrogen and oxygen atoms in total. The lowest BCUT2D eigenvalue weighted by molar-refractivity contribution is -0.131. The van der Waals surface area contributed by atoms with Gasteiger partial charge < -0.3 is 14.7 Å². The molecule has 0 bridgehead atoms. The Kier molecular flexibility index (Phi) is 4.56. The Balaban J connectivity index is 2.38. The van der Waals surface area contributed by atoms with Gasteiger partial charge in [0.05, 0.1) is 7.11 Å². The topological polar surface area (TPSA) is 62.7 Å². The Morgan fingerprint density at radius 2 is 2.14 bits per heavy atom. The number of ether oxygens (including phenoxy) is 1. The molecule has 0 aliphatic rings. The van der Waals surface area contributed by atoms with E-state index >= 15 is 0 Å². The summed E-state index contributed by atoms with van der Waals surface area (Å²) < 4.78 is 5.21. The van der Waals surface area contributed by atoms with Gasteiger partial charge in [0.25, 0.3) is 0 Å². The molecule has 0 saturated carbocycles. The van der Waals surface area contributed by atoms with Crippen molar-refractivity contribution in [3.63, 3.8) is 0 Å². The van der Waals surface area contributed by atoms with Crippen LogP contribution >= 0.6 is 0 Å². The lowest BCUT2D eigenvalue weighted by Gasteiger charge is -2.20. The summed E-state index contributed by atoms with van der Waals surface area (Å²) in [5.41, 5.74) is 1.63. The van der Waals surface area contributed by atoms with Crippen LogP contribution < -0.4 is 9.64 Å². The molecule has 0 aliphatic carbocycles. The van der Waals surface area contributed by atoms with Crippen LogP contribution in [0.2, 0.25) is 0 Å². The van der Waals surface area contributed by atoms with Crippen molar-refractivity contribution in [2.45, 2.75) is 0 Å². The average Bonchev–Trinajstić information content (AvgIpc) is 2.52. The number of anilines is 2. The van der Waals surface area contributed by atoms with Crippen LogP contribution in [0, 0.1) is 0 Å². The Bertz CT molecular complexity index is 668. The third kappa shape index (κ3) is 3.60. The van der Waals surface area contributed by atoms with E-state index in [2.05, 4.69) is 4.98 Å². The van der Waals surface area contributed by atoms with Crippen LogP contribution in [0.4, 0.5) is 11.5 Å². The number of rotatable bonds is 5. The summed E-state index contributed by atoms with van der Waals surface area (Å²) in [6.07, 6.45) is 4.30. The first-order valence-electron chi connectivity index (χ1n) is 6.35. The van der Waals surface area contributed by atoms with Crippen LogP contribution in [0.25, 0.3) is 6.08 Å². The average molecular weight is 284 g/mol. The molecule has 5 heteroatoms. The van der Waals surface area contributed by atoms with E-state index in [1.807, 2.05) is 42.3 Å². The highest BCUT2D eigenvalue weighted by molar-refractivity contribution is 5.87. The van der Waals surface area contributed by atoms with Crippen LogP contribution in [0.5, 0.6) is 5.75 Å². The summed E-state index contributed by atoms with van der Waals surface area (Å²) in [6.45, 7) is 0. The minimum Gasteiger partial charge on any atom is -0.497 e. The van der Waals surface area contributed by atoms with Gasteiger partial charge in [-0.25, -0.2) is 9.78 Å². The molecule has 1 N–H and O–H groups in total. The molecule has 1 aromatic carbocycles. The van der Waals surface area contributed by atoms with Crippen molar-refractivity contribution in [1.82, 2.24) is 4.98 Å². The molecule has 0 aliphatic heterocycles. The summed E-state index contributed by atoms with van der Waals surface area (Å²) in [5.74, 6) is 0.426. The van der Waals surface area contributed by atoms with E-state index in [-0.39, 0.29) is 0 Å². The Morgan fingerprint density at radius 3 is 2.86 bits per heavy atom. The van der Waals surface area contributed by atoms with Crippen LogP contribution in [0.1, 0.15) is 5.56 Å². The van der Waals surface area contributed by atoms with E-state index in [0.717, 1.165) is 23.1 Å². The molecule has 0 atom stereocenters. The molecule has 0 unspecified atom stereocenters. The third-order valence-electron chi connectivity index (χ3n) is 2.98. The van der Waals surface area contributed by atoms with Crippen LogP contribution in [0.15, 0.2) is 48.7 Å². The summed E-state index contributed by atoms with van der Waals surface area (Å²) in [6, 6.07) is 11.2. The Morgan fingerprint density at radius 1 is 1.33 bits per heavy atom. The first-order chi connectivity index (χ1) is 10.1. The summed E-state index contributed by atoms with van der Waals surface area (Å²) in [5, 5.41) is 8.75. The number of hydrogen-bond acceptors (Lipinski definition) is 4. The predicted molar refractivity (Wildman–Crippen MR) is 82.0 cm³/mol. The van der Waals surface area contributed by atoms with Gasteiger partial charge in [-0.05, 0) is 30.3 Å². The van der Waals surface area contributed by atoms with E-state index in [4.69, 9.17) is 9.84 Å². The second kappa shape index (κ2) is 6.56. The van der Waals surface area contributed by atoms with Gasteiger partial charge >= 0.3 is 5.97 Å². The maximum atomic E-state index is 10.7. The smallest absolute Gasteiger partial charge is 0.328 e. The lowest BCUT2D eigenvalue weighted by Crippen LogP contribution is -2.12. The monoisotopic (exact) mass is 284 g/mol. The lowest BCUT2D eigenvalue weighted by atomic mass is 10.2. The quantitative estimate of drug-likeness (QED) is 0.855. The SMILES string of the molecule is COc1cccc(N(C)c2ncccc2/C=C/C(=O)O)c1. The molecule has 0 radical (unpaired) electrons. The van der Waals surface area contributed by atoms with Gasteiger partial charge in [-0.3, -0.25) is 0 Å². The molecule has 0 saturated heterocycles. The van der Waals surface area contributed by atoms with E-state index < -0.39 is 5.97 Å². The summed E-state index contributed by atoms with van der Waals surface area (Å²) >= 11 is 0. The van der Waals surface area contributed by atoms with Gasteiger partial charge in [-0.15, -0.1) is 0 Å². The number of carboxylic acid groups (broad SMARTS) is 1. The number of aromatic nitrogens is 1. The fraction of sp³-hybridized carbons (Fsp3) is 0.125. The zero-order valence-electron chi connectivity index (χ0n) is 11.9. The fourth-order valence-electron chi connectivity index (χ4n) is 1.92. The van der Waals surface area contributed by atoms with Gasteiger partial charge in [0.15, 0.2) is 0 Å². The minimum absolute atomic E-state index is 0.670. The number of carbonyl (C=O) groups is 1. The molecule has 108 valence electrons. The van der Waals surface area contributed by atoms with Crippen molar-refractivity contribution in [1.29, 1.82) is 0 Å². The Hall–Kier alpha value is -2.82. The van der Waals surface area contributed by atoms with Crippen LogP contribution in [-0.4, -0.2) is 30.2 Å². The molecular formula is C16H16N2O3. The molecule has 1 heterocycles. The molecule has 1 aromatic heterocycles. The molecule has 2 aromatic rings. The van der Waals surface area contributed by atoms with Crippen molar-refractivity contribution >= 4 is 23.6 Å². The first kappa shape index (κ1) is 14.6. The molecule has 2 rings (SSSR count). The number of methoxy groups -OCH3 is 1. The van der Waals surface area contributed by atoms with E-state index in [9.17, 15) is 4.79 Å². The highest BCUT2D eigenvalue weighted by Gasteiger charge is 2.09. The number of aliphatic carboxylic acids is 1. The summed E-state index contributed by atoms with van der Waals surface area (Å²) in [4.78, 5) is 16.9. The molecule has 0 spiro atoms. The van der Waals surface area contributed by atoms with Crippen molar-refractivity contribution < 1.29 is 14.6 Å². The van der Waals surface area contributed by atoms with Crippen LogP contribution in [-0.2, 0) is 4.79 Å². The zero-order valence-corrected chi connectivity index (χ0v) is 11.9. The minimum atomic E-state index is -0.992. The van der Waals surface area contributed by atoms with Gasteiger partial charge in [0, 0.05) is 36.6 Å². The number of hydrogen-bond donors (Lipinski definition) is 1. The van der Waals surface area contributed by atoms with Gasteiger partial charge in [-0.1, -0.05) is 6.07 Å². The standard InChI is InChI=1S/C16H16N2O3/c1-18(13-6-3-7-14(11-13)21-2)16-12(5-4-10-17-16)8-9-15(19)20/h3-11H,1-2H3,(H,19,20)/b9-8+. The first-order valence-corrected chi connectivity index (χ1v) is 6.35. The zero-order chi connectivity index (χ0) is 15.2. The second-order valence-electron chi connectivity index (χ2n) is 4.35. The highest BCUT2D eigenvalue weighted by Crippen LogP contribution is 2.28. The van der Waals surface area contributed by atoms with Gasteiger partial charge in [0.1, 0.15) is 11.6 Å². The summed E-state index contributed by atoms with van der Waals surface area (Å²) in [7, 11) is 3.48. The van der Waals surface area contributed by atoms with E-state index in [1.165, 1.54) is 6.08 Å². The Labute approximate surface area is 123 Å². The van der Waals surface area contributed by atoms with Crippen molar-refractivity contribution in [3.8, 4) is 5.75 Å². The van der Waals surface area contributed by atoms with Gasteiger partial charge in [-0.2, -0.15) is 0 Å². The molecule has 21 heavy (non-hydrogen) atoms. The highest BCUT2D eigenvalue weighted by atomic mass is 16.5. The predicted octanol–water partition coefficient (Wildman–Crippen LogP) is 2.96. The number of benzene rings is 1. The molecular weight excluding hydrogens is 268 g/mol. The maximum absolute atomic E-state index is 10.7. The van der Waals surface area contributed by atoms with Crippen molar-refractivity contribution in [3.05, 3.63) is 54.2 Å². The third-order valence-corrected chi connectivity index (χ3v) is 2.98. The number of pyridine rings is 1. The van der Waals surface area contributed by atoms with Crippen molar-refractivity contribution in [2.24, 2.45) is 0 Å². The van der Waals surface area contributed by atoms with Crippen LogP contribution in [0.3, 0.4) is 0 Å². The van der Waals surface area contributed by atoms with E-state index in [1.54, 1.807) is 19.4 Å². The molecule has 0 fully saturated rings. The normalized spacial score (nSPS) is 10.6. The number of nitrogens with zero attached hydrogens (tertiary/aromatic N) is 2. The number of carboxylic acids is 1. The van der Waals surface area contributed by atoms with E-state index in [0.29, 0.717) is 5.82 Å². The van der Waals surface area contributed by atoms with Crippen molar-refractivity contribution in [2.75, 3.05) is 19.1 Å². The largest absolute Gasteiger partial charge is 0.497 e. The molecule has 0 amide bonds. The fourth-order valence-corrected chi connectivity index (χ4v) is 1.92. The van der Waals surface area contributed by atoms with Gasteiger partial charge in [0.2, 0.25) is 0 Å². The second-order valence-corrected chi connectivity index (χ2v) is 4.35. The maximum Gasteiger partial charge on any atom is 0.328 e.